The second-order valence-corrected chi connectivity index (χ2v) is 10.7. The van der Waals surface area contributed by atoms with E-state index in [4.69, 9.17) is 4.74 Å². The molecule has 2 atom stereocenters. The highest BCUT2D eigenvalue weighted by Crippen LogP contribution is 2.34. The first kappa shape index (κ1) is 27.6. The van der Waals surface area contributed by atoms with Crippen LogP contribution < -0.4 is 9.64 Å². The summed E-state index contributed by atoms with van der Waals surface area (Å²) >= 11 is 0. The van der Waals surface area contributed by atoms with E-state index in [1.165, 1.54) is 12.1 Å². The molecular formula is C31H32F3N3O3. The van der Waals surface area contributed by atoms with Crippen LogP contribution in [0.2, 0.25) is 0 Å². The Morgan fingerprint density at radius 3 is 1.88 bits per heavy atom. The maximum atomic E-state index is 13.2. The van der Waals surface area contributed by atoms with Crippen LogP contribution in [0.3, 0.4) is 0 Å². The Labute approximate surface area is 231 Å². The summed E-state index contributed by atoms with van der Waals surface area (Å²) in [4.78, 5) is 32.2. The lowest BCUT2D eigenvalue weighted by molar-refractivity contribution is -0.137. The number of likely N-dealkylation sites (tertiary alicyclic amines) is 2. The first-order valence-electron chi connectivity index (χ1n) is 13.4. The summed E-state index contributed by atoms with van der Waals surface area (Å²) in [6, 6.07) is 18.8. The first-order chi connectivity index (χ1) is 19.1. The van der Waals surface area contributed by atoms with Gasteiger partial charge in [-0.3, -0.25) is 9.59 Å². The van der Waals surface area contributed by atoms with Gasteiger partial charge in [0, 0.05) is 57.1 Å². The molecule has 0 spiro atoms. The van der Waals surface area contributed by atoms with E-state index in [2.05, 4.69) is 0 Å². The van der Waals surface area contributed by atoms with E-state index in [-0.39, 0.29) is 17.6 Å². The van der Waals surface area contributed by atoms with E-state index in [0.717, 1.165) is 30.7 Å². The number of carbonyl (C=O) groups excluding carboxylic acids is 2. The van der Waals surface area contributed by atoms with Crippen LogP contribution in [0.5, 0.6) is 11.5 Å². The van der Waals surface area contributed by atoms with Gasteiger partial charge in [0.15, 0.2) is 0 Å². The molecule has 6 nitrogen and oxygen atoms in total. The molecule has 210 valence electrons. The van der Waals surface area contributed by atoms with Gasteiger partial charge in [-0.1, -0.05) is 6.07 Å². The average Bonchev–Trinajstić information content (AvgIpc) is 3.25. The third-order valence-electron chi connectivity index (χ3n) is 7.82. The van der Waals surface area contributed by atoms with Gasteiger partial charge in [-0.05, 0) is 91.4 Å². The fraction of sp³-hybridized carbons (Fsp3) is 0.355. The van der Waals surface area contributed by atoms with E-state index in [1.54, 1.807) is 24.3 Å². The van der Waals surface area contributed by atoms with E-state index in [0.29, 0.717) is 54.9 Å². The van der Waals surface area contributed by atoms with Crippen LogP contribution in [0.4, 0.5) is 18.9 Å². The van der Waals surface area contributed by atoms with Crippen LogP contribution >= 0.6 is 0 Å². The Balaban J connectivity index is 1.16. The lowest BCUT2D eigenvalue weighted by Crippen LogP contribution is -2.34. The number of fused-ring (bicyclic) bond motifs is 1. The van der Waals surface area contributed by atoms with E-state index in [1.807, 2.05) is 53.1 Å². The summed E-state index contributed by atoms with van der Waals surface area (Å²) < 4.78 is 43.9. The number of nitrogens with zero attached hydrogens (tertiary/aromatic N) is 3. The zero-order valence-electron chi connectivity index (χ0n) is 22.5. The topological polar surface area (TPSA) is 53.1 Å². The van der Waals surface area contributed by atoms with Crippen molar-refractivity contribution in [2.45, 2.75) is 19.0 Å². The molecule has 5 rings (SSSR count). The third kappa shape index (κ3) is 6.08. The molecule has 2 heterocycles. The number of hydrogen-bond donors (Lipinski definition) is 0. The zero-order chi connectivity index (χ0) is 28.4. The monoisotopic (exact) mass is 551 g/mol. The number of anilines is 1. The first-order valence-corrected chi connectivity index (χ1v) is 13.4. The molecule has 0 unspecified atom stereocenters. The zero-order valence-corrected chi connectivity index (χ0v) is 22.5. The number of rotatable bonds is 5. The molecule has 2 amide bonds. The standard InChI is InChI=1S/C31H32F3N3O3/c1-35(2)26-5-3-4-22(18-26)30(39)37-19-23-14-16-36(17-15-24(23)20-37)29(38)21-6-10-27(11-7-21)40-28-12-8-25(9-13-28)31(32,33)34/h3-13,18,23-24H,14-17,19-20H2,1-2H3/t23-,24+. The van der Waals surface area contributed by atoms with Crippen LogP contribution in [0.25, 0.3) is 0 Å². The summed E-state index contributed by atoms with van der Waals surface area (Å²) in [5.41, 5.74) is 1.48. The normalized spacial score (nSPS) is 19.1. The summed E-state index contributed by atoms with van der Waals surface area (Å²) in [7, 11) is 3.91. The Morgan fingerprint density at radius 2 is 1.32 bits per heavy atom. The minimum Gasteiger partial charge on any atom is -0.457 e. The van der Waals surface area contributed by atoms with Gasteiger partial charge in [-0.15, -0.1) is 0 Å². The van der Waals surface area contributed by atoms with Crippen LogP contribution in [0.1, 0.15) is 39.1 Å². The molecule has 2 aliphatic heterocycles. The van der Waals surface area contributed by atoms with Crippen molar-refractivity contribution in [1.29, 1.82) is 0 Å². The lowest BCUT2D eigenvalue weighted by Gasteiger charge is -2.23. The molecule has 2 fully saturated rings. The minimum atomic E-state index is -4.40. The molecule has 0 aromatic heterocycles. The van der Waals surface area contributed by atoms with Gasteiger partial charge in [0.05, 0.1) is 5.56 Å². The average molecular weight is 552 g/mol. The Morgan fingerprint density at radius 1 is 0.775 bits per heavy atom. The number of alkyl halides is 3. The molecule has 0 radical (unpaired) electrons. The maximum Gasteiger partial charge on any atom is 0.416 e. The summed E-state index contributed by atoms with van der Waals surface area (Å²) in [6.07, 6.45) is -2.72. The Hall–Kier alpha value is -4.01. The molecule has 3 aromatic carbocycles. The van der Waals surface area contributed by atoms with Crippen LogP contribution in [-0.4, -0.2) is 61.9 Å². The van der Waals surface area contributed by atoms with Gasteiger partial charge >= 0.3 is 6.18 Å². The second kappa shape index (κ2) is 11.2. The predicted molar refractivity (Wildman–Crippen MR) is 147 cm³/mol. The van der Waals surface area contributed by atoms with Gasteiger partial charge in [-0.2, -0.15) is 13.2 Å². The summed E-state index contributed by atoms with van der Waals surface area (Å²) in [5, 5.41) is 0. The molecule has 0 aliphatic carbocycles. The van der Waals surface area contributed by atoms with E-state index < -0.39 is 11.7 Å². The maximum absolute atomic E-state index is 13.2. The van der Waals surface area contributed by atoms with Crippen LogP contribution in [0, 0.1) is 11.8 Å². The highest BCUT2D eigenvalue weighted by atomic mass is 19.4. The largest absolute Gasteiger partial charge is 0.457 e. The summed E-state index contributed by atoms with van der Waals surface area (Å²) in [5.74, 6) is 1.43. The van der Waals surface area contributed by atoms with Crippen molar-refractivity contribution in [1.82, 2.24) is 9.80 Å². The van der Waals surface area contributed by atoms with Crippen molar-refractivity contribution in [3.05, 3.63) is 89.5 Å². The number of carbonyl (C=O) groups is 2. The number of ether oxygens (including phenoxy) is 1. The van der Waals surface area contributed by atoms with Crippen LogP contribution in [0.15, 0.2) is 72.8 Å². The predicted octanol–water partition coefficient (Wildman–Crippen LogP) is 6.19. The highest BCUT2D eigenvalue weighted by molar-refractivity contribution is 5.95. The fourth-order valence-electron chi connectivity index (χ4n) is 5.51. The molecule has 9 heteroatoms. The van der Waals surface area contributed by atoms with Crippen molar-refractivity contribution in [2.24, 2.45) is 11.8 Å². The van der Waals surface area contributed by atoms with Gasteiger partial charge in [-0.25, -0.2) is 0 Å². The quantitative estimate of drug-likeness (QED) is 0.380. The van der Waals surface area contributed by atoms with Crippen molar-refractivity contribution in [3.8, 4) is 11.5 Å². The Bertz CT molecular complexity index is 1340. The number of hydrogen-bond acceptors (Lipinski definition) is 4. The molecule has 0 N–H and O–H groups in total. The molecule has 2 saturated heterocycles. The molecule has 2 aliphatic rings. The highest BCUT2D eigenvalue weighted by Gasteiger charge is 2.38. The van der Waals surface area contributed by atoms with Crippen molar-refractivity contribution in [2.75, 3.05) is 45.2 Å². The fourth-order valence-corrected chi connectivity index (χ4v) is 5.51. The van der Waals surface area contributed by atoms with Crippen LogP contribution in [-0.2, 0) is 6.18 Å². The number of halogens is 3. The number of amides is 2. The van der Waals surface area contributed by atoms with E-state index in [9.17, 15) is 22.8 Å². The number of benzene rings is 3. The minimum absolute atomic E-state index is 0.0586. The van der Waals surface area contributed by atoms with Gasteiger partial charge < -0.3 is 19.4 Å². The Kier molecular flexibility index (Phi) is 7.74. The third-order valence-corrected chi connectivity index (χ3v) is 7.82. The molecular weight excluding hydrogens is 519 g/mol. The lowest BCUT2D eigenvalue weighted by atomic mass is 9.92. The van der Waals surface area contributed by atoms with Crippen molar-refractivity contribution >= 4 is 17.5 Å². The molecule has 3 aromatic rings. The molecule has 0 bridgehead atoms. The van der Waals surface area contributed by atoms with Crippen molar-refractivity contribution in [3.63, 3.8) is 0 Å². The molecule has 40 heavy (non-hydrogen) atoms. The second-order valence-electron chi connectivity index (χ2n) is 10.7. The van der Waals surface area contributed by atoms with Gasteiger partial charge in [0.25, 0.3) is 11.8 Å². The molecule has 0 saturated carbocycles. The van der Waals surface area contributed by atoms with Gasteiger partial charge in [0.1, 0.15) is 11.5 Å². The summed E-state index contributed by atoms with van der Waals surface area (Å²) in [6.45, 7) is 2.66. The van der Waals surface area contributed by atoms with Crippen molar-refractivity contribution < 1.29 is 27.5 Å². The SMILES string of the molecule is CN(C)c1cccc(C(=O)N2C[C@H]3CCN(C(=O)c4ccc(Oc5ccc(C(F)(F)F)cc5)cc4)CC[C@H]3C2)c1. The van der Waals surface area contributed by atoms with Gasteiger partial charge in [0.2, 0.25) is 0 Å². The smallest absolute Gasteiger partial charge is 0.416 e. The van der Waals surface area contributed by atoms with E-state index >= 15 is 0 Å².